The highest BCUT2D eigenvalue weighted by Gasteiger charge is 2.33. The van der Waals surface area contributed by atoms with Crippen molar-refractivity contribution in [2.24, 2.45) is 0 Å². The molecule has 2 aromatic rings. The molecule has 0 spiro atoms. The van der Waals surface area contributed by atoms with Gasteiger partial charge in [0.1, 0.15) is 5.75 Å². The lowest BCUT2D eigenvalue weighted by molar-refractivity contribution is -0.116. The summed E-state index contributed by atoms with van der Waals surface area (Å²) >= 11 is 0. The third kappa shape index (κ3) is 4.25. The number of hydrogen-bond acceptors (Lipinski definition) is 4. The summed E-state index contributed by atoms with van der Waals surface area (Å²) in [5.41, 5.74) is 3.05. The predicted octanol–water partition coefficient (Wildman–Crippen LogP) is 4.74. The molecular weight excluding hydrogens is 380 g/mol. The van der Waals surface area contributed by atoms with Crippen LogP contribution in [0.5, 0.6) is 5.75 Å². The van der Waals surface area contributed by atoms with E-state index in [9.17, 15) is 14.4 Å². The molecule has 0 saturated carbocycles. The van der Waals surface area contributed by atoms with E-state index in [0.717, 1.165) is 5.56 Å². The molecule has 5 nitrogen and oxygen atoms in total. The number of Topliss-reactive ketones (excluding diaryl/α,β-unsaturated/α-hetero) is 2. The summed E-state index contributed by atoms with van der Waals surface area (Å²) in [6.45, 7) is 5.35. The summed E-state index contributed by atoms with van der Waals surface area (Å²) in [5.74, 6) is -1.07. The molecule has 1 aliphatic carbocycles. The predicted molar refractivity (Wildman–Crippen MR) is 114 cm³/mol. The molecule has 2 aromatic carbocycles. The van der Waals surface area contributed by atoms with Crippen LogP contribution in [0.15, 0.2) is 76.9 Å². The molecule has 1 N–H and O–H groups in total. The molecule has 0 heterocycles. The van der Waals surface area contributed by atoms with E-state index < -0.39 is 5.97 Å². The highest BCUT2D eigenvalue weighted by atomic mass is 16.5. The zero-order valence-corrected chi connectivity index (χ0v) is 17.3. The SMILES string of the molecule is CC1=C(C)C(=O)C(C(CCOc2cccc(C(=O)O)c2)c2ccccc2)=C(C)C1=O. The van der Waals surface area contributed by atoms with Crippen LogP contribution in [0, 0.1) is 0 Å². The topological polar surface area (TPSA) is 80.7 Å². The second-order valence-electron chi connectivity index (χ2n) is 7.38. The van der Waals surface area contributed by atoms with Crippen LogP contribution in [0.25, 0.3) is 0 Å². The van der Waals surface area contributed by atoms with Crippen molar-refractivity contribution in [2.75, 3.05) is 6.61 Å². The molecule has 30 heavy (non-hydrogen) atoms. The zero-order valence-electron chi connectivity index (χ0n) is 17.3. The Balaban J connectivity index is 1.88. The fourth-order valence-corrected chi connectivity index (χ4v) is 3.71. The van der Waals surface area contributed by atoms with Gasteiger partial charge in [-0.1, -0.05) is 36.4 Å². The second-order valence-corrected chi connectivity index (χ2v) is 7.38. The lowest BCUT2D eigenvalue weighted by Crippen LogP contribution is -2.25. The van der Waals surface area contributed by atoms with Crippen LogP contribution in [0.3, 0.4) is 0 Å². The minimum absolute atomic E-state index is 0.0990. The molecule has 0 radical (unpaired) electrons. The first-order valence-electron chi connectivity index (χ1n) is 9.80. The van der Waals surface area contributed by atoms with E-state index in [1.54, 1.807) is 32.9 Å². The van der Waals surface area contributed by atoms with E-state index in [1.165, 1.54) is 12.1 Å². The van der Waals surface area contributed by atoms with E-state index in [0.29, 0.717) is 34.5 Å². The van der Waals surface area contributed by atoms with Gasteiger partial charge in [-0.3, -0.25) is 9.59 Å². The van der Waals surface area contributed by atoms with E-state index in [1.807, 2.05) is 30.3 Å². The summed E-state index contributed by atoms with van der Waals surface area (Å²) in [7, 11) is 0. The van der Waals surface area contributed by atoms with Crippen molar-refractivity contribution >= 4 is 17.5 Å². The van der Waals surface area contributed by atoms with Gasteiger partial charge in [-0.2, -0.15) is 0 Å². The standard InChI is InChI=1S/C25H24O5/c1-15-16(2)24(27)22(17(3)23(15)26)21(18-8-5-4-6-9-18)12-13-30-20-11-7-10-19(14-20)25(28)29/h4-11,14,21H,12-13H2,1-3H3,(H,28,29). The largest absolute Gasteiger partial charge is 0.494 e. The van der Waals surface area contributed by atoms with Gasteiger partial charge in [0.15, 0.2) is 11.6 Å². The molecule has 0 saturated heterocycles. The molecule has 0 fully saturated rings. The van der Waals surface area contributed by atoms with E-state index in [-0.39, 0.29) is 29.7 Å². The summed E-state index contributed by atoms with van der Waals surface area (Å²) in [5, 5.41) is 9.14. The molecule has 1 aliphatic rings. The normalized spacial score (nSPS) is 15.4. The Kier molecular flexibility index (Phi) is 6.31. The van der Waals surface area contributed by atoms with Crippen LogP contribution in [0.1, 0.15) is 49.0 Å². The van der Waals surface area contributed by atoms with Crippen molar-refractivity contribution in [2.45, 2.75) is 33.1 Å². The first kappa shape index (κ1) is 21.2. The molecule has 0 aromatic heterocycles. The van der Waals surface area contributed by atoms with Gasteiger partial charge in [-0.25, -0.2) is 4.79 Å². The van der Waals surface area contributed by atoms with Gasteiger partial charge < -0.3 is 9.84 Å². The van der Waals surface area contributed by atoms with E-state index >= 15 is 0 Å². The van der Waals surface area contributed by atoms with Crippen molar-refractivity contribution in [3.8, 4) is 5.75 Å². The average molecular weight is 404 g/mol. The van der Waals surface area contributed by atoms with Gasteiger partial charge in [0, 0.05) is 28.2 Å². The number of carbonyl (C=O) groups is 3. The molecule has 154 valence electrons. The van der Waals surface area contributed by atoms with Crippen molar-refractivity contribution in [1.82, 2.24) is 0 Å². The minimum atomic E-state index is -1.02. The fraction of sp³-hybridized carbons (Fsp3) is 0.240. The summed E-state index contributed by atoms with van der Waals surface area (Å²) < 4.78 is 5.79. The summed E-state index contributed by atoms with van der Waals surface area (Å²) in [4.78, 5) is 36.9. The number of ketones is 2. The second kappa shape index (κ2) is 8.91. The van der Waals surface area contributed by atoms with Crippen LogP contribution in [0.2, 0.25) is 0 Å². The summed E-state index contributed by atoms with van der Waals surface area (Å²) in [6.07, 6.45) is 0.472. The number of rotatable bonds is 7. The number of carboxylic acid groups (broad SMARTS) is 1. The Bertz CT molecular complexity index is 1060. The number of ether oxygens (including phenoxy) is 1. The number of benzene rings is 2. The lowest BCUT2D eigenvalue weighted by Gasteiger charge is -2.26. The Labute approximate surface area is 175 Å². The van der Waals surface area contributed by atoms with Crippen molar-refractivity contribution in [3.63, 3.8) is 0 Å². The molecule has 0 bridgehead atoms. The van der Waals surface area contributed by atoms with Crippen LogP contribution < -0.4 is 4.74 Å². The molecule has 0 amide bonds. The number of allylic oxidation sites excluding steroid dienone is 4. The van der Waals surface area contributed by atoms with Gasteiger partial charge in [0.25, 0.3) is 0 Å². The van der Waals surface area contributed by atoms with E-state index in [4.69, 9.17) is 9.84 Å². The van der Waals surface area contributed by atoms with Gasteiger partial charge in [-0.15, -0.1) is 0 Å². The van der Waals surface area contributed by atoms with Gasteiger partial charge in [-0.05, 0) is 51.0 Å². The maximum atomic E-state index is 13.1. The number of carbonyl (C=O) groups excluding carboxylic acids is 2. The number of hydrogen-bond donors (Lipinski definition) is 1. The van der Waals surface area contributed by atoms with Gasteiger partial charge >= 0.3 is 5.97 Å². The van der Waals surface area contributed by atoms with E-state index in [2.05, 4.69) is 0 Å². The number of carboxylic acids is 1. The average Bonchev–Trinajstić information content (AvgIpc) is 2.76. The Morgan fingerprint density at radius 2 is 1.57 bits per heavy atom. The smallest absolute Gasteiger partial charge is 0.335 e. The molecule has 3 rings (SSSR count). The van der Waals surface area contributed by atoms with Crippen molar-refractivity contribution < 1.29 is 24.2 Å². The maximum absolute atomic E-state index is 13.1. The Morgan fingerprint density at radius 3 is 2.23 bits per heavy atom. The summed E-state index contributed by atoms with van der Waals surface area (Å²) in [6, 6.07) is 15.9. The van der Waals surface area contributed by atoms with Crippen molar-refractivity contribution in [1.29, 1.82) is 0 Å². The highest BCUT2D eigenvalue weighted by molar-refractivity contribution is 6.25. The first-order valence-corrected chi connectivity index (χ1v) is 9.80. The minimum Gasteiger partial charge on any atom is -0.494 e. The fourth-order valence-electron chi connectivity index (χ4n) is 3.71. The third-order valence-corrected chi connectivity index (χ3v) is 5.54. The van der Waals surface area contributed by atoms with Crippen LogP contribution in [0.4, 0.5) is 0 Å². The monoisotopic (exact) mass is 404 g/mol. The quantitative estimate of drug-likeness (QED) is 0.674. The third-order valence-electron chi connectivity index (χ3n) is 5.54. The molecule has 0 aliphatic heterocycles. The molecule has 1 atom stereocenters. The van der Waals surface area contributed by atoms with Gasteiger partial charge in [0.2, 0.25) is 0 Å². The molecule has 1 unspecified atom stereocenters. The maximum Gasteiger partial charge on any atom is 0.335 e. The highest BCUT2D eigenvalue weighted by Crippen LogP contribution is 2.36. The van der Waals surface area contributed by atoms with Crippen LogP contribution >= 0.6 is 0 Å². The Morgan fingerprint density at radius 1 is 0.900 bits per heavy atom. The van der Waals surface area contributed by atoms with Crippen LogP contribution in [-0.4, -0.2) is 29.2 Å². The van der Waals surface area contributed by atoms with Crippen molar-refractivity contribution in [3.05, 3.63) is 88.0 Å². The first-order chi connectivity index (χ1) is 14.3. The van der Waals surface area contributed by atoms with Gasteiger partial charge in [0.05, 0.1) is 12.2 Å². The Hall–Kier alpha value is -3.47. The molecule has 5 heteroatoms. The number of aromatic carboxylic acids is 1. The zero-order chi connectivity index (χ0) is 21.8. The van der Waals surface area contributed by atoms with Crippen LogP contribution in [-0.2, 0) is 9.59 Å². The lowest BCUT2D eigenvalue weighted by atomic mass is 9.76. The molecular formula is C25H24O5.